The first kappa shape index (κ1) is 16.7. The quantitative estimate of drug-likeness (QED) is 0.814. The first-order valence-corrected chi connectivity index (χ1v) is 8.29. The zero-order valence-corrected chi connectivity index (χ0v) is 14.3. The van der Waals surface area contributed by atoms with Crippen LogP contribution in [0.4, 0.5) is 0 Å². The number of ether oxygens (including phenoxy) is 3. The van der Waals surface area contributed by atoms with Crippen molar-refractivity contribution in [2.45, 2.75) is 31.9 Å². The van der Waals surface area contributed by atoms with Crippen molar-refractivity contribution >= 4 is 15.9 Å². The molecule has 1 saturated heterocycles. The Labute approximate surface area is 135 Å². The van der Waals surface area contributed by atoms with Gasteiger partial charge in [0, 0.05) is 10.5 Å². The summed E-state index contributed by atoms with van der Waals surface area (Å²) in [4.78, 5) is 0. The highest BCUT2D eigenvalue weighted by atomic mass is 79.9. The fourth-order valence-electron chi connectivity index (χ4n) is 2.47. The maximum Gasteiger partial charge on any atom is 0.119 e. The minimum atomic E-state index is 0.100. The average molecular weight is 358 g/mol. The number of rotatable bonds is 7. The normalized spacial score (nSPS) is 20.2. The summed E-state index contributed by atoms with van der Waals surface area (Å²) in [5, 5.41) is 3.59. The second kappa shape index (κ2) is 8.73. The fraction of sp³-hybridized carbons (Fsp3) is 0.625. The maximum atomic E-state index is 5.87. The smallest absolute Gasteiger partial charge is 0.119 e. The minimum absolute atomic E-state index is 0.100. The summed E-state index contributed by atoms with van der Waals surface area (Å²) in [5.74, 6) is 0.878. The minimum Gasteiger partial charge on any atom is -0.497 e. The van der Waals surface area contributed by atoms with Gasteiger partial charge in [0.15, 0.2) is 0 Å². The van der Waals surface area contributed by atoms with Crippen LogP contribution in [0.5, 0.6) is 5.75 Å². The van der Waals surface area contributed by atoms with Gasteiger partial charge >= 0.3 is 0 Å². The summed E-state index contributed by atoms with van der Waals surface area (Å²) in [6.45, 7) is 5.17. The van der Waals surface area contributed by atoms with E-state index in [1.54, 1.807) is 7.11 Å². The molecule has 21 heavy (non-hydrogen) atoms. The molecule has 1 aromatic rings. The molecule has 1 aliphatic rings. The Balaban J connectivity index is 2.09. The number of methoxy groups -OCH3 is 1. The first-order chi connectivity index (χ1) is 10.2. The summed E-state index contributed by atoms with van der Waals surface area (Å²) >= 11 is 3.62. The van der Waals surface area contributed by atoms with E-state index in [2.05, 4.69) is 34.2 Å². The van der Waals surface area contributed by atoms with Crippen molar-refractivity contribution in [1.82, 2.24) is 5.32 Å². The van der Waals surface area contributed by atoms with Crippen molar-refractivity contribution in [2.24, 2.45) is 0 Å². The number of nitrogens with one attached hydrogen (secondary N) is 1. The average Bonchev–Trinajstić information content (AvgIpc) is 2.54. The van der Waals surface area contributed by atoms with Crippen molar-refractivity contribution in [3.8, 4) is 5.75 Å². The van der Waals surface area contributed by atoms with E-state index in [4.69, 9.17) is 14.2 Å². The summed E-state index contributed by atoms with van der Waals surface area (Å²) in [6.07, 6.45) is 2.08. The van der Waals surface area contributed by atoms with Gasteiger partial charge in [-0.25, -0.2) is 0 Å². The second-order valence-corrected chi connectivity index (χ2v) is 6.06. The zero-order chi connectivity index (χ0) is 15.1. The van der Waals surface area contributed by atoms with Crippen molar-refractivity contribution < 1.29 is 14.2 Å². The molecule has 2 rings (SSSR count). The SMILES string of the molecule is CCCNC(Cc1cc(OC)ccc1Br)C1COCCO1. The maximum absolute atomic E-state index is 5.87. The number of hydrogen-bond acceptors (Lipinski definition) is 4. The molecule has 1 aliphatic heterocycles. The van der Waals surface area contributed by atoms with Gasteiger partial charge in [-0.15, -0.1) is 0 Å². The fourth-order valence-corrected chi connectivity index (χ4v) is 2.88. The summed E-state index contributed by atoms with van der Waals surface area (Å²) in [5.41, 5.74) is 1.22. The van der Waals surface area contributed by atoms with E-state index in [0.717, 1.165) is 29.6 Å². The number of hydrogen-bond donors (Lipinski definition) is 1. The van der Waals surface area contributed by atoms with E-state index in [-0.39, 0.29) is 12.1 Å². The first-order valence-electron chi connectivity index (χ1n) is 7.49. The third kappa shape index (κ3) is 4.95. The second-order valence-electron chi connectivity index (χ2n) is 5.21. The van der Waals surface area contributed by atoms with Crippen molar-refractivity contribution in [3.63, 3.8) is 0 Å². The Morgan fingerprint density at radius 2 is 2.29 bits per heavy atom. The molecule has 0 bridgehead atoms. The van der Waals surface area contributed by atoms with E-state index in [9.17, 15) is 0 Å². The molecule has 5 heteroatoms. The highest BCUT2D eigenvalue weighted by molar-refractivity contribution is 9.10. The van der Waals surface area contributed by atoms with Crippen LogP contribution in [0, 0.1) is 0 Å². The van der Waals surface area contributed by atoms with Crippen LogP contribution in [0.2, 0.25) is 0 Å². The van der Waals surface area contributed by atoms with Gasteiger partial charge in [0.2, 0.25) is 0 Å². The monoisotopic (exact) mass is 357 g/mol. The molecular weight excluding hydrogens is 334 g/mol. The molecule has 0 radical (unpaired) electrons. The third-order valence-electron chi connectivity index (χ3n) is 3.64. The molecule has 0 saturated carbocycles. The van der Waals surface area contributed by atoms with E-state index < -0.39 is 0 Å². The van der Waals surface area contributed by atoms with Gasteiger partial charge in [0.05, 0.1) is 33.0 Å². The molecule has 1 fully saturated rings. The molecule has 1 heterocycles. The van der Waals surface area contributed by atoms with Crippen LogP contribution in [0.25, 0.3) is 0 Å². The van der Waals surface area contributed by atoms with Crippen LogP contribution in [0.15, 0.2) is 22.7 Å². The van der Waals surface area contributed by atoms with Crippen molar-refractivity contribution in [3.05, 3.63) is 28.2 Å². The Kier molecular flexibility index (Phi) is 6.96. The van der Waals surface area contributed by atoms with Gasteiger partial charge in [-0.1, -0.05) is 22.9 Å². The van der Waals surface area contributed by atoms with Gasteiger partial charge in [0.1, 0.15) is 5.75 Å². The predicted molar refractivity (Wildman–Crippen MR) is 87.0 cm³/mol. The Morgan fingerprint density at radius 1 is 1.43 bits per heavy atom. The van der Waals surface area contributed by atoms with Gasteiger partial charge in [-0.3, -0.25) is 0 Å². The van der Waals surface area contributed by atoms with Gasteiger partial charge in [0.25, 0.3) is 0 Å². The molecule has 2 atom stereocenters. The lowest BCUT2D eigenvalue weighted by atomic mass is 10.0. The van der Waals surface area contributed by atoms with Gasteiger partial charge in [-0.2, -0.15) is 0 Å². The van der Waals surface area contributed by atoms with Crippen LogP contribution in [-0.4, -0.2) is 45.6 Å². The molecule has 0 spiro atoms. The van der Waals surface area contributed by atoms with Crippen LogP contribution >= 0.6 is 15.9 Å². The number of halogens is 1. The third-order valence-corrected chi connectivity index (χ3v) is 4.41. The highest BCUT2D eigenvalue weighted by Gasteiger charge is 2.25. The van der Waals surface area contributed by atoms with Crippen LogP contribution in [0.3, 0.4) is 0 Å². The Hall–Kier alpha value is -0.620. The number of benzene rings is 1. The zero-order valence-electron chi connectivity index (χ0n) is 12.7. The largest absolute Gasteiger partial charge is 0.497 e. The Morgan fingerprint density at radius 3 is 2.95 bits per heavy atom. The van der Waals surface area contributed by atoms with Gasteiger partial charge < -0.3 is 19.5 Å². The Bertz CT molecular complexity index is 436. The molecule has 0 aliphatic carbocycles. The van der Waals surface area contributed by atoms with E-state index >= 15 is 0 Å². The van der Waals surface area contributed by atoms with Crippen LogP contribution < -0.4 is 10.1 Å². The lowest BCUT2D eigenvalue weighted by Gasteiger charge is -2.31. The molecule has 0 aromatic heterocycles. The van der Waals surface area contributed by atoms with E-state index in [1.807, 2.05) is 12.1 Å². The standard InChI is InChI=1S/C16H24BrNO3/c1-3-6-18-15(16-11-20-7-8-21-16)10-12-9-13(19-2)4-5-14(12)17/h4-5,9,15-16,18H,3,6-8,10-11H2,1-2H3. The molecule has 0 amide bonds. The van der Waals surface area contributed by atoms with Crippen molar-refractivity contribution in [2.75, 3.05) is 33.5 Å². The van der Waals surface area contributed by atoms with Crippen molar-refractivity contribution in [1.29, 1.82) is 0 Å². The molecule has 118 valence electrons. The topological polar surface area (TPSA) is 39.7 Å². The van der Waals surface area contributed by atoms with E-state index in [0.29, 0.717) is 19.8 Å². The molecule has 1 aromatic carbocycles. The van der Waals surface area contributed by atoms with E-state index in [1.165, 1.54) is 5.56 Å². The predicted octanol–water partition coefficient (Wildman–Crippen LogP) is 2.78. The molecule has 2 unspecified atom stereocenters. The summed E-state index contributed by atoms with van der Waals surface area (Å²) < 4.78 is 17.8. The van der Waals surface area contributed by atoms with Crippen LogP contribution in [0.1, 0.15) is 18.9 Å². The molecule has 4 nitrogen and oxygen atoms in total. The summed E-state index contributed by atoms with van der Waals surface area (Å²) in [6, 6.07) is 6.31. The lowest BCUT2D eigenvalue weighted by molar-refractivity contribution is -0.101. The van der Waals surface area contributed by atoms with Crippen LogP contribution in [-0.2, 0) is 15.9 Å². The highest BCUT2D eigenvalue weighted by Crippen LogP contribution is 2.25. The molecule has 1 N–H and O–H groups in total. The molecular formula is C16H24BrNO3. The summed E-state index contributed by atoms with van der Waals surface area (Å²) in [7, 11) is 1.69. The van der Waals surface area contributed by atoms with Gasteiger partial charge in [-0.05, 0) is 43.1 Å². The lowest BCUT2D eigenvalue weighted by Crippen LogP contribution is -2.48.